The number of nitrogens with zero attached hydrogens (tertiary/aromatic N) is 3. The number of pyridine rings is 1. The van der Waals surface area contributed by atoms with Crippen LogP contribution in [0.2, 0.25) is 0 Å². The zero-order valence-corrected chi connectivity index (χ0v) is 21.1. The van der Waals surface area contributed by atoms with Crippen molar-refractivity contribution in [3.05, 3.63) is 76.5 Å². The number of rotatable bonds is 4. The van der Waals surface area contributed by atoms with Gasteiger partial charge in [-0.3, -0.25) is 4.79 Å². The van der Waals surface area contributed by atoms with Gasteiger partial charge in [-0.2, -0.15) is 5.10 Å². The van der Waals surface area contributed by atoms with E-state index in [1.54, 1.807) is 10.7 Å². The molecule has 0 radical (unpaired) electrons. The standard InChI is InChI=1S/C27H28N4O3S/c1-16-8-10-20(11-9-16)23-14-22(27(32)29-25-17(2)6-5-7-18(25)3)24-19(4)30-31(26(24)28-23)21-12-13-35(33,34)15-21/h5-11,14,21H,12-13,15H2,1-4H3,(H,29,32). The zero-order valence-electron chi connectivity index (χ0n) is 20.3. The van der Waals surface area contributed by atoms with E-state index in [1.165, 1.54) is 0 Å². The maximum atomic E-state index is 13.7. The summed E-state index contributed by atoms with van der Waals surface area (Å²) >= 11 is 0. The lowest BCUT2D eigenvalue weighted by Crippen LogP contribution is -2.16. The quantitative estimate of drug-likeness (QED) is 0.439. The molecule has 5 rings (SSSR count). The molecule has 1 N–H and O–H groups in total. The van der Waals surface area contributed by atoms with Gasteiger partial charge in [0.15, 0.2) is 15.5 Å². The molecule has 1 amide bonds. The van der Waals surface area contributed by atoms with Crippen LogP contribution in [0.15, 0.2) is 48.5 Å². The lowest BCUT2D eigenvalue weighted by atomic mass is 10.0. The minimum Gasteiger partial charge on any atom is -0.321 e. The van der Waals surface area contributed by atoms with Gasteiger partial charge in [0.2, 0.25) is 0 Å². The Morgan fingerprint density at radius 2 is 1.71 bits per heavy atom. The number of sulfone groups is 1. The highest BCUT2D eigenvalue weighted by molar-refractivity contribution is 7.91. The molecule has 0 bridgehead atoms. The van der Waals surface area contributed by atoms with Crippen LogP contribution in [0, 0.1) is 27.7 Å². The fourth-order valence-electron chi connectivity index (χ4n) is 4.78. The minimum absolute atomic E-state index is 0.0313. The van der Waals surface area contributed by atoms with Crippen LogP contribution in [-0.4, -0.2) is 40.6 Å². The molecule has 180 valence electrons. The maximum Gasteiger partial charge on any atom is 0.256 e. The first-order valence-corrected chi connectivity index (χ1v) is 13.5. The van der Waals surface area contributed by atoms with Crippen molar-refractivity contribution in [3.63, 3.8) is 0 Å². The van der Waals surface area contributed by atoms with Gasteiger partial charge in [0, 0.05) is 11.3 Å². The van der Waals surface area contributed by atoms with Crippen molar-refractivity contribution in [3.8, 4) is 11.3 Å². The predicted octanol–water partition coefficient (Wildman–Crippen LogP) is 4.94. The number of nitrogens with one attached hydrogen (secondary N) is 1. The SMILES string of the molecule is Cc1ccc(-c2cc(C(=O)Nc3c(C)cccc3C)c3c(C)nn(C4CCS(=O)(=O)C4)c3n2)cc1. The van der Waals surface area contributed by atoms with E-state index >= 15 is 0 Å². The van der Waals surface area contributed by atoms with Crippen molar-refractivity contribution in [1.82, 2.24) is 14.8 Å². The molecule has 0 saturated carbocycles. The van der Waals surface area contributed by atoms with Gasteiger partial charge in [-0.25, -0.2) is 18.1 Å². The van der Waals surface area contributed by atoms with Crippen LogP contribution in [0.5, 0.6) is 0 Å². The molecule has 1 aliphatic rings. The van der Waals surface area contributed by atoms with Crippen LogP contribution in [-0.2, 0) is 9.84 Å². The van der Waals surface area contributed by atoms with E-state index in [0.29, 0.717) is 34.4 Å². The summed E-state index contributed by atoms with van der Waals surface area (Å²) < 4.78 is 26.1. The van der Waals surface area contributed by atoms with Crippen molar-refractivity contribution in [2.24, 2.45) is 0 Å². The molecule has 1 saturated heterocycles. The molecule has 1 atom stereocenters. The Labute approximate surface area is 205 Å². The van der Waals surface area contributed by atoms with Crippen molar-refractivity contribution < 1.29 is 13.2 Å². The molecule has 1 unspecified atom stereocenters. The Balaban J connectivity index is 1.70. The zero-order chi connectivity index (χ0) is 24.9. The molecular formula is C27H28N4O3S. The first-order valence-electron chi connectivity index (χ1n) is 11.7. The van der Waals surface area contributed by atoms with Gasteiger partial charge >= 0.3 is 0 Å². The second kappa shape index (κ2) is 8.61. The number of amides is 1. The first kappa shape index (κ1) is 23.2. The van der Waals surface area contributed by atoms with Gasteiger partial charge in [-0.15, -0.1) is 0 Å². The number of hydrogen-bond acceptors (Lipinski definition) is 5. The fraction of sp³-hybridized carbons (Fsp3) is 0.296. The number of carbonyl (C=O) groups excluding carboxylic acids is 1. The van der Waals surface area contributed by atoms with Gasteiger partial charge in [0.25, 0.3) is 5.91 Å². The summed E-state index contributed by atoms with van der Waals surface area (Å²) in [5.41, 5.74) is 7.04. The van der Waals surface area contributed by atoms with Crippen LogP contribution in [0.3, 0.4) is 0 Å². The smallest absolute Gasteiger partial charge is 0.256 e. The molecule has 2 aromatic carbocycles. The summed E-state index contributed by atoms with van der Waals surface area (Å²) in [5.74, 6) is -0.0796. The van der Waals surface area contributed by atoms with Crippen LogP contribution >= 0.6 is 0 Å². The second-order valence-corrected chi connectivity index (χ2v) is 11.7. The normalized spacial score (nSPS) is 17.1. The van der Waals surface area contributed by atoms with E-state index in [1.807, 2.05) is 70.2 Å². The minimum atomic E-state index is -3.11. The van der Waals surface area contributed by atoms with Crippen molar-refractivity contribution in [1.29, 1.82) is 0 Å². The number of aryl methyl sites for hydroxylation is 4. The van der Waals surface area contributed by atoms with Gasteiger partial charge in [0.1, 0.15) is 0 Å². The average molecular weight is 489 g/mol. The Kier molecular flexibility index (Phi) is 5.71. The molecule has 2 aromatic heterocycles. The summed E-state index contributed by atoms with van der Waals surface area (Å²) in [7, 11) is -3.11. The molecular weight excluding hydrogens is 460 g/mol. The Morgan fingerprint density at radius 1 is 1.03 bits per heavy atom. The van der Waals surface area contributed by atoms with E-state index in [0.717, 1.165) is 27.9 Å². The van der Waals surface area contributed by atoms with Gasteiger partial charge in [-0.1, -0.05) is 48.0 Å². The van der Waals surface area contributed by atoms with Crippen LogP contribution in [0.1, 0.15) is 45.2 Å². The van der Waals surface area contributed by atoms with Crippen molar-refractivity contribution in [2.45, 2.75) is 40.2 Å². The molecule has 4 aromatic rings. The Hall–Kier alpha value is -3.52. The van der Waals surface area contributed by atoms with Crippen molar-refractivity contribution in [2.75, 3.05) is 16.8 Å². The first-order chi connectivity index (χ1) is 16.6. The van der Waals surface area contributed by atoms with Crippen LogP contribution < -0.4 is 5.32 Å². The second-order valence-electron chi connectivity index (χ2n) is 9.43. The topological polar surface area (TPSA) is 94.0 Å². The number of anilines is 1. The molecule has 7 nitrogen and oxygen atoms in total. The highest BCUT2D eigenvalue weighted by Crippen LogP contribution is 2.33. The van der Waals surface area contributed by atoms with E-state index in [9.17, 15) is 13.2 Å². The van der Waals surface area contributed by atoms with E-state index in [2.05, 4.69) is 10.4 Å². The molecule has 0 aliphatic carbocycles. The maximum absolute atomic E-state index is 13.7. The summed E-state index contributed by atoms with van der Waals surface area (Å²) in [6.45, 7) is 7.78. The van der Waals surface area contributed by atoms with E-state index < -0.39 is 9.84 Å². The number of benzene rings is 2. The highest BCUT2D eigenvalue weighted by Gasteiger charge is 2.32. The van der Waals surface area contributed by atoms with Gasteiger partial charge in [0.05, 0.1) is 39.9 Å². The van der Waals surface area contributed by atoms with E-state index in [4.69, 9.17) is 4.98 Å². The Bertz CT molecular complexity index is 1550. The monoisotopic (exact) mass is 488 g/mol. The number of para-hydroxylation sites is 1. The lowest BCUT2D eigenvalue weighted by molar-refractivity contribution is 0.102. The summed E-state index contributed by atoms with van der Waals surface area (Å²) in [4.78, 5) is 18.6. The third-order valence-corrected chi connectivity index (χ3v) is 8.45. The molecule has 8 heteroatoms. The number of hydrogen-bond donors (Lipinski definition) is 1. The van der Waals surface area contributed by atoms with Crippen molar-refractivity contribution >= 4 is 32.5 Å². The van der Waals surface area contributed by atoms with Crippen LogP contribution in [0.4, 0.5) is 5.69 Å². The third-order valence-electron chi connectivity index (χ3n) is 6.70. The average Bonchev–Trinajstić information content (AvgIpc) is 3.35. The van der Waals surface area contributed by atoms with Crippen LogP contribution in [0.25, 0.3) is 22.3 Å². The fourth-order valence-corrected chi connectivity index (χ4v) is 6.47. The molecule has 1 aliphatic heterocycles. The number of carbonyl (C=O) groups is 1. The summed E-state index contributed by atoms with van der Waals surface area (Å²) in [5, 5.41) is 8.42. The molecule has 1 fully saturated rings. The van der Waals surface area contributed by atoms with E-state index in [-0.39, 0.29) is 23.5 Å². The Morgan fingerprint density at radius 3 is 2.34 bits per heavy atom. The molecule has 0 spiro atoms. The summed E-state index contributed by atoms with van der Waals surface area (Å²) in [6.07, 6.45) is 0.485. The molecule has 3 heterocycles. The summed E-state index contributed by atoms with van der Waals surface area (Å²) in [6, 6.07) is 15.4. The van der Waals surface area contributed by atoms with Gasteiger partial charge < -0.3 is 5.32 Å². The molecule has 35 heavy (non-hydrogen) atoms. The van der Waals surface area contributed by atoms with Gasteiger partial charge in [-0.05, 0) is 51.3 Å². The predicted molar refractivity (Wildman–Crippen MR) is 139 cm³/mol. The highest BCUT2D eigenvalue weighted by atomic mass is 32.2. The number of aromatic nitrogens is 3. The number of fused-ring (bicyclic) bond motifs is 1. The lowest BCUT2D eigenvalue weighted by Gasteiger charge is -2.14. The largest absolute Gasteiger partial charge is 0.321 e. The third kappa shape index (κ3) is 4.34.